The highest BCUT2D eigenvalue weighted by molar-refractivity contribution is 5.92. The van der Waals surface area contributed by atoms with Crippen molar-refractivity contribution in [1.29, 1.82) is 0 Å². The molecule has 5 nitrogen and oxygen atoms in total. The number of halogens is 1. The molecule has 1 fully saturated rings. The number of benzene rings is 2. The van der Waals surface area contributed by atoms with Crippen molar-refractivity contribution in [2.75, 3.05) is 13.1 Å². The summed E-state index contributed by atoms with van der Waals surface area (Å²) in [6.45, 7) is 1.90. The Morgan fingerprint density at radius 1 is 1.11 bits per heavy atom. The van der Waals surface area contributed by atoms with Crippen LogP contribution in [0.5, 0.6) is 0 Å². The van der Waals surface area contributed by atoms with Crippen LogP contribution in [-0.4, -0.2) is 28.8 Å². The van der Waals surface area contributed by atoms with Gasteiger partial charge in [0, 0.05) is 12.7 Å². The van der Waals surface area contributed by atoms with Crippen molar-refractivity contribution in [2.24, 2.45) is 0 Å². The van der Waals surface area contributed by atoms with Crippen LogP contribution in [0.4, 0.5) is 4.39 Å². The number of amides is 1. The number of hydrogen-bond donors (Lipinski definition) is 2. The van der Waals surface area contributed by atoms with Crippen LogP contribution in [-0.2, 0) is 0 Å². The predicted octanol–water partition coefficient (Wildman–Crippen LogP) is 3.47. The standard InChI is InChI=1S/C22H23FN4O/c23-18-10-8-17(9-11-18)21(16-5-2-1-3-6-16)25-22(28)20-12-14-27(26-20)19-7-4-13-24-15-19/h1-3,5-6,8-12,14,19,21,24H,4,7,13,15H2,(H,25,28). The molecule has 1 aliphatic rings. The molecule has 1 amide bonds. The van der Waals surface area contributed by atoms with Gasteiger partial charge in [-0.2, -0.15) is 5.10 Å². The van der Waals surface area contributed by atoms with Crippen LogP contribution >= 0.6 is 0 Å². The molecule has 1 aromatic heterocycles. The van der Waals surface area contributed by atoms with Crippen LogP contribution in [0, 0.1) is 5.82 Å². The van der Waals surface area contributed by atoms with Gasteiger partial charge in [0.2, 0.25) is 0 Å². The van der Waals surface area contributed by atoms with Gasteiger partial charge in [-0.3, -0.25) is 9.48 Å². The lowest BCUT2D eigenvalue weighted by Gasteiger charge is -2.23. The molecular weight excluding hydrogens is 355 g/mol. The number of nitrogens with one attached hydrogen (secondary N) is 2. The molecule has 3 aromatic rings. The number of hydrogen-bond acceptors (Lipinski definition) is 3. The zero-order valence-corrected chi connectivity index (χ0v) is 15.5. The molecule has 0 bridgehead atoms. The van der Waals surface area contributed by atoms with Crippen LogP contribution in [0.25, 0.3) is 0 Å². The maximum absolute atomic E-state index is 13.4. The second-order valence-electron chi connectivity index (χ2n) is 7.05. The van der Waals surface area contributed by atoms with Crippen molar-refractivity contribution < 1.29 is 9.18 Å². The largest absolute Gasteiger partial charge is 0.340 e. The van der Waals surface area contributed by atoms with Crippen LogP contribution in [0.1, 0.15) is 46.5 Å². The lowest BCUT2D eigenvalue weighted by Crippen LogP contribution is -2.32. The van der Waals surface area contributed by atoms with Crippen molar-refractivity contribution in [1.82, 2.24) is 20.4 Å². The highest BCUT2D eigenvalue weighted by atomic mass is 19.1. The van der Waals surface area contributed by atoms with Gasteiger partial charge in [0.05, 0.1) is 12.1 Å². The molecule has 4 rings (SSSR count). The normalized spacial score (nSPS) is 17.8. The molecule has 0 aliphatic carbocycles. The van der Waals surface area contributed by atoms with Gasteiger partial charge >= 0.3 is 0 Å². The van der Waals surface area contributed by atoms with Gasteiger partial charge in [0.25, 0.3) is 5.91 Å². The molecule has 2 unspecified atom stereocenters. The summed E-state index contributed by atoms with van der Waals surface area (Å²) >= 11 is 0. The van der Waals surface area contributed by atoms with Crippen molar-refractivity contribution in [2.45, 2.75) is 24.9 Å². The lowest BCUT2D eigenvalue weighted by atomic mass is 9.98. The summed E-state index contributed by atoms with van der Waals surface area (Å²) in [6, 6.07) is 17.5. The third-order valence-electron chi connectivity index (χ3n) is 5.10. The average molecular weight is 378 g/mol. The van der Waals surface area contributed by atoms with E-state index < -0.39 is 0 Å². The topological polar surface area (TPSA) is 59.0 Å². The Labute approximate surface area is 163 Å². The van der Waals surface area contributed by atoms with Crippen molar-refractivity contribution >= 4 is 5.91 Å². The third-order valence-corrected chi connectivity index (χ3v) is 5.10. The van der Waals surface area contributed by atoms with E-state index in [0.717, 1.165) is 37.1 Å². The lowest BCUT2D eigenvalue weighted by molar-refractivity contribution is 0.0936. The summed E-state index contributed by atoms with van der Waals surface area (Å²) in [7, 11) is 0. The van der Waals surface area contributed by atoms with Gasteiger partial charge in [-0.15, -0.1) is 0 Å². The van der Waals surface area contributed by atoms with Gasteiger partial charge in [-0.05, 0) is 48.7 Å². The first-order valence-electron chi connectivity index (χ1n) is 9.58. The highest BCUT2D eigenvalue weighted by Gasteiger charge is 2.21. The molecule has 0 spiro atoms. The molecule has 1 saturated heterocycles. The van der Waals surface area contributed by atoms with Gasteiger partial charge < -0.3 is 10.6 Å². The molecule has 28 heavy (non-hydrogen) atoms. The zero-order chi connectivity index (χ0) is 19.3. The van der Waals surface area contributed by atoms with Gasteiger partial charge in [-0.25, -0.2) is 4.39 Å². The second kappa shape index (κ2) is 8.35. The van der Waals surface area contributed by atoms with E-state index in [2.05, 4.69) is 15.7 Å². The Balaban J connectivity index is 1.55. The summed E-state index contributed by atoms with van der Waals surface area (Å²) in [5, 5.41) is 10.9. The minimum Gasteiger partial charge on any atom is -0.340 e. The van der Waals surface area contributed by atoms with E-state index >= 15 is 0 Å². The molecule has 2 N–H and O–H groups in total. The van der Waals surface area contributed by atoms with Crippen LogP contribution < -0.4 is 10.6 Å². The smallest absolute Gasteiger partial charge is 0.272 e. The number of aromatic nitrogens is 2. The number of nitrogens with zero attached hydrogens (tertiary/aromatic N) is 2. The molecular formula is C22H23FN4O. The molecule has 2 atom stereocenters. The van der Waals surface area contributed by atoms with Crippen molar-refractivity contribution in [3.63, 3.8) is 0 Å². The quantitative estimate of drug-likeness (QED) is 0.715. The molecule has 144 valence electrons. The van der Waals surface area contributed by atoms with Gasteiger partial charge in [0.15, 0.2) is 0 Å². The molecule has 1 aliphatic heterocycles. The predicted molar refractivity (Wildman–Crippen MR) is 106 cm³/mol. The number of carbonyl (C=O) groups is 1. The molecule has 6 heteroatoms. The summed E-state index contributed by atoms with van der Waals surface area (Å²) in [6.07, 6.45) is 4.02. The maximum Gasteiger partial charge on any atom is 0.272 e. The summed E-state index contributed by atoms with van der Waals surface area (Å²) in [5.74, 6) is -0.553. The Bertz CT molecular complexity index is 917. The molecule has 0 radical (unpaired) electrons. The average Bonchev–Trinajstić information content (AvgIpc) is 3.24. The van der Waals surface area contributed by atoms with Crippen LogP contribution in [0.15, 0.2) is 66.9 Å². The van der Waals surface area contributed by atoms with Crippen LogP contribution in [0.3, 0.4) is 0 Å². The third kappa shape index (κ3) is 4.12. The summed E-state index contributed by atoms with van der Waals surface area (Å²) < 4.78 is 15.2. The fraction of sp³-hybridized carbons (Fsp3) is 0.273. The fourth-order valence-corrected chi connectivity index (χ4v) is 3.59. The Morgan fingerprint density at radius 2 is 1.86 bits per heavy atom. The minimum absolute atomic E-state index is 0.249. The SMILES string of the molecule is O=C(NC(c1ccccc1)c1ccc(F)cc1)c1ccn(C2CCCNC2)n1. The van der Waals surface area contributed by atoms with Crippen LogP contribution in [0.2, 0.25) is 0 Å². The Hall–Kier alpha value is -2.99. The minimum atomic E-state index is -0.379. The number of carbonyl (C=O) groups excluding carboxylic acids is 1. The van der Waals surface area contributed by atoms with E-state index in [4.69, 9.17) is 0 Å². The molecule has 2 heterocycles. The van der Waals surface area contributed by atoms with E-state index in [0.29, 0.717) is 5.69 Å². The fourth-order valence-electron chi connectivity index (χ4n) is 3.59. The maximum atomic E-state index is 13.4. The molecule has 2 aromatic carbocycles. The number of rotatable bonds is 5. The van der Waals surface area contributed by atoms with Crippen molar-refractivity contribution in [3.05, 3.63) is 89.5 Å². The van der Waals surface area contributed by atoms with E-state index in [9.17, 15) is 9.18 Å². The van der Waals surface area contributed by atoms with Gasteiger partial charge in [0.1, 0.15) is 11.5 Å². The van der Waals surface area contributed by atoms with E-state index in [1.165, 1.54) is 12.1 Å². The first kappa shape index (κ1) is 18.4. The summed E-state index contributed by atoms with van der Waals surface area (Å²) in [5.41, 5.74) is 2.13. The Morgan fingerprint density at radius 3 is 2.57 bits per heavy atom. The first-order chi connectivity index (χ1) is 13.7. The van der Waals surface area contributed by atoms with Crippen molar-refractivity contribution in [3.8, 4) is 0 Å². The van der Waals surface area contributed by atoms with E-state index in [1.54, 1.807) is 18.2 Å². The van der Waals surface area contributed by atoms with E-state index in [1.807, 2.05) is 41.2 Å². The number of piperidine rings is 1. The highest BCUT2D eigenvalue weighted by Crippen LogP contribution is 2.23. The van der Waals surface area contributed by atoms with E-state index in [-0.39, 0.29) is 23.8 Å². The molecule has 0 saturated carbocycles. The summed E-state index contributed by atoms with van der Waals surface area (Å²) in [4.78, 5) is 12.9. The Kier molecular flexibility index (Phi) is 5.48. The first-order valence-corrected chi connectivity index (χ1v) is 9.58. The second-order valence-corrected chi connectivity index (χ2v) is 7.05. The van der Waals surface area contributed by atoms with Gasteiger partial charge in [-0.1, -0.05) is 42.5 Å². The zero-order valence-electron chi connectivity index (χ0n) is 15.5. The monoisotopic (exact) mass is 378 g/mol.